The van der Waals surface area contributed by atoms with Gasteiger partial charge in [-0.05, 0) is 42.8 Å². The van der Waals surface area contributed by atoms with Gasteiger partial charge in [0.15, 0.2) is 0 Å². The average molecular weight is 287 g/mol. The number of nitrogens with zero attached hydrogens (tertiary/aromatic N) is 1. The average Bonchev–Trinajstić information content (AvgIpc) is 2.97. The zero-order valence-electron chi connectivity index (χ0n) is 12.1. The first-order valence-corrected chi connectivity index (χ1v) is 7.93. The first-order valence-electron chi connectivity index (χ1n) is 7.05. The third-order valence-electron chi connectivity index (χ3n) is 3.52. The van der Waals surface area contributed by atoms with Crippen molar-refractivity contribution in [3.05, 3.63) is 57.8 Å². The molecule has 20 heavy (non-hydrogen) atoms. The van der Waals surface area contributed by atoms with Gasteiger partial charge >= 0.3 is 0 Å². The Hall–Kier alpha value is -1.61. The molecule has 2 aromatic rings. The van der Waals surface area contributed by atoms with Crippen LogP contribution in [0.25, 0.3) is 0 Å². The van der Waals surface area contributed by atoms with E-state index >= 15 is 0 Å². The third kappa shape index (κ3) is 3.94. The minimum Gasteiger partial charge on any atom is -0.339 e. The van der Waals surface area contributed by atoms with Gasteiger partial charge in [0, 0.05) is 24.4 Å². The summed E-state index contributed by atoms with van der Waals surface area (Å²) in [6.45, 7) is 5.62. The van der Waals surface area contributed by atoms with E-state index in [0.29, 0.717) is 13.0 Å². The molecule has 0 aliphatic heterocycles. The van der Waals surface area contributed by atoms with Crippen molar-refractivity contribution in [3.8, 4) is 0 Å². The number of benzene rings is 1. The summed E-state index contributed by atoms with van der Waals surface area (Å²) in [6.07, 6.45) is 1.45. The van der Waals surface area contributed by atoms with Gasteiger partial charge in [-0.2, -0.15) is 0 Å². The lowest BCUT2D eigenvalue weighted by molar-refractivity contribution is -0.131. The fourth-order valence-corrected chi connectivity index (χ4v) is 2.92. The molecule has 0 saturated heterocycles. The molecule has 0 spiro atoms. The second-order valence-corrected chi connectivity index (χ2v) is 5.95. The highest BCUT2D eigenvalue weighted by atomic mass is 32.1. The van der Waals surface area contributed by atoms with Crippen LogP contribution in [0.4, 0.5) is 0 Å². The van der Waals surface area contributed by atoms with Crippen molar-refractivity contribution in [1.82, 2.24) is 4.90 Å². The van der Waals surface area contributed by atoms with E-state index in [9.17, 15) is 4.79 Å². The van der Waals surface area contributed by atoms with Crippen LogP contribution in [0.1, 0.15) is 29.3 Å². The maximum Gasteiger partial charge on any atom is 0.223 e. The Balaban J connectivity index is 1.94. The molecule has 0 aliphatic carbocycles. The molecule has 1 amide bonds. The topological polar surface area (TPSA) is 20.3 Å². The summed E-state index contributed by atoms with van der Waals surface area (Å²) in [6, 6.07) is 12.4. The minimum atomic E-state index is 0.240. The summed E-state index contributed by atoms with van der Waals surface area (Å²) in [5.74, 6) is 0.240. The minimum absolute atomic E-state index is 0.240. The number of carbonyl (C=O) groups is 1. The van der Waals surface area contributed by atoms with Gasteiger partial charge in [0.2, 0.25) is 5.91 Å². The number of aryl methyl sites for hydroxylation is 2. The second-order valence-electron chi connectivity index (χ2n) is 4.91. The lowest BCUT2D eigenvalue weighted by Crippen LogP contribution is -2.30. The lowest BCUT2D eigenvalue weighted by Gasteiger charge is -2.22. The van der Waals surface area contributed by atoms with E-state index in [-0.39, 0.29) is 5.91 Å². The molecule has 1 aromatic carbocycles. The predicted molar refractivity (Wildman–Crippen MR) is 84.9 cm³/mol. The third-order valence-corrected chi connectivity index (χ3v) is 4.46. The van der Waals surface area contributed by atoms with Crippen LogP contribution in [0.5, 0.6) is 0 Å². The maximum absolute atomic E-state index is 12.3. The zero-order valence-corrected chi connectivity index (χ0v) is 13.0. The Morgan fingerprint density at radius 2 is 2.00 bits per heavy atom. The molecule has 2 rings (SSSR count). The summed E-state index contributed by atoms with van der Waals surface area (Å²) in [4.78, 5) is 15.5. The summed E-state index contributed by atoms with van der Waals surface area (Å²) in [5.41, 5.74) is 2.48. The Labute approximate surface area is 125 Å². The molecule has 0 aliphatic rings. The molecule has 1 aromatic heterocycles. The molecule has 1 heterocycles. The number of carbonyl (C=O) groups excluding carboxylic acids is 1. The second kappa shape index (κ2) is 7.25. The number of hydrogen-bond acceptors (Lipinski definition) is 2. The molecule has 0 bridgehead atoms. The van der Waals surface area contributed by atoms with Gasteiger partial charge in [0.05, 0.1) is 0 Å². The van der Waals surface area contributed by atoms with E-state index in [1.165, 1.54) is 16.0 Å². The Morgan fingerprint density at radius 3 is 2.65 bits per heavy atom. The smallest absolute Gasteiger partial charge is 0.223 e. The highest BCUT2D eigenvalue weighted by molar-refractivity contribution is 7.09. The fraction of sp³-hybridized carbons (Fsp3) is 0.353. The molecule has 0 unspecified atom stereocenters. The molecule has 106 valence electrons. The number of thiophene rings is 1. The van der Waals surface area contributed by atoms with Gasteiger partial charge in [0.1, 0.15) is 0 Å². The van der Waals surface area contributed by atoms with E-state index in [4.69, 9.17) is 0 Å². The summed E-state index contributed by atoms with van der Waals surface area (Å²) < 4.78 is 0. The van der Waals surface area contributed by atoms with Gasteiger partial charge < -0.3 is 4.90 Å². The van der Waals surface area contributed by atoms with Gasteiger partial charge in [-0.1, -0.05) is 30.3 Å². The monoisotopic (exact) mass is 287 g/mol. The Kier molecular flexibility index (Phi) is 5.36. The highest BCUT2D eigenvalue weighted by Crippen LogP contribution is 2.14. The Morgan fingerprint density at radius 1 is 1.20 bits per heavy atom. The summed E-state index contributed by atoms with van der Waals surface area (Å²) >= 11 is 1.72. The van der Waals surface area contributed by atoms with Crippen molar-refractivity contribution in [1.29, 1.82) is 0 Å². The van der Waals surface area contributed by atoms with Crippen LogP contribution < -0.4 is 0 Å². The number of hydrogen-bond donors (Lipinski definition) is 0. The van der Waals surface area contributed by atoms with Crippen LogP contribution in [0.3, 0.4) is 0 Å². The van der Waals surface area contributed by atoms with Crippen molar-refractivity contribution in [2.24, 2.45) is 0 Å². The van der Waals surface area contributed by atoms with Crippen LogP contribution in [-0.4, -0.2) is 17.4 Å². The first-order chi connectivity index (χ1) is 9.70. The van der Waals surface area contributed by atoms with Gasteiger partial charge in [-0.15, -0.1) is 11.3 Å². The first kappa shape index (κ1) is 14.8. The molecule has 0 radical (unpaired) electrons. The largest absolute Gasteiger partial charge is 0.339 e. The van der Waals surface area contributed by atoms with Crippen molar-refractivity contribution in [3.63, 3.8) is 0 Å². The van der Waals surface area contributed by atoms with E-state index in [2.05, 4.69) is 30.5 Å². The molecule has 0 atom stereocenters. The fourth-order valence-electron chi connectivity index (χ4n) is 2.21. The van der Waals surface area contributed by atoms with Gasteiger partial charge in [-0.3, -0.25) is 4.79 Å². The van der Waals surface area contributed by atoms with Gasteiger partial charge in [0.25, 0.3) is 0 Å². The molecular formula is C17H21NOS. The standard InChI is InChI=1S/C17H21NOS/c1-3-18(13-15-8-5-4-7-14(15)2)17(19)11-10-16-9-6-12-20-16/h4-9,12H,3,10-11,13H2,1-2H3. The molecule has 0 fully saturated rings. The predicted octanol–water partition coefficient (Wildman–Crippen LogP) is 4.04. The van der Waals surface area contributed by atoms with Crippen molar-refractivity contribution in [2.45, 2.75) is 33.2 Å². The number of rotatable bonds is 6. The number of amides is 1. The molecular weight excluding hydrogens is 266 g/mol. The molecule has 2 nitrogen and oxygen atoms in total. The normalized spacial score (nSPS) is 10.5. The van der Waals surface area contributed by atoms with Gasteiger partial charge in [-0.25, -0.2) is 0 Å². The zero-order chi connectivity index (χ0) is 14.4. The van der Waals surface area contributed by atoms with Crippen molar-refractivity contribution >= 4 is 17.2 Å². The summed E-state index contributed by atoms with van der Waals surface area (Å²) in [7, 11) is 0. The SMILES string of the molecule is CCN(Cc1ccccc1C)C(=O)CCc1cccs1. The van der Waals surface area contributed by atoms with E-state index in [1.54, 1.807) is 11.3 Å². The van der Waals surface area contributed by atoms with Crippen molar-refractivity contribution in [2.75, 3.05) is 6.54 Å². The Bertz CT molecular complexity index is 548. The maximum atomic E-state index is 12.3. The quantitative estimate of drug-likeness (QED) is 0.785. The van der Waals surface area contributed by atoms with E-state index in [1.807, 2.05) is 30.0 Å². The molecule has 0 saturated carbocycles. The highest BCUT2D eigenvalue weighted by Gasteiger charge is 2.13. The lowest BCUT2D eigenvalue weighted by atomic mass is 10.1. The molecule has 0 N–H and O–H groups in total. The van der Waals surface area contributed by atoms with E-state index < -0.39 is 0 Å². The molecule has 3 heteroatoms. The van der Waals surface area contributed by atoms with Crippen LogP contribution in [-0.2, 0) is 17.8 Å². The van der Waals surface area contributed by atoms with Crippen LogP contribution in [0.15, 0.2) is 41.8 Å². The van der Waals surface area contributed by atoms with E-state index in [0.717, 1.165) is 13.0 Å². The van der Waals surface area contributed by atoms with Crippen molar-refractivity contribution < 1.29 is 4.79 Å². The van der Waals surface area contributed by atoms with Crippen LogP contribution >= 0.6 is 11.3 Å². The summed E-state index contributed by atoms with van der Waals surface area (Å²) in [5, 5.41) is 2.06. The van der Waals surface area contributed by atoms with Crippen LogP contribution in [0.2, 0.25) is 0 Å². The van der Waals surface area contributed by atoms with Crippen LogP contribution in [0, 0.1) is 6.92 Å².